The summed E-state index contributed by atoms with van der Waals surface area (Å²) in [4.78, 5) is 4.66. The minimum Gasteiger partial charge on any atom is -0.497 e. The van der Waals surface area contributed by atoms with E-state index in [4.69, 9.17) is 4.74 Å². The molecule has 0 spiro atoms. The standard InChI is InChI=1S/C17H15NO2/c1-20-14-8-6-12(7-9-14)17-10-13(11-19)15-4-2-3-5-16(15)18-17/h2-10,19H,11H2,1H3. The first-order chi connectivity index (χ1) is 9.81. The first kappa shape index (κ1) is 12.6. The molecule has 0 amide bonds. The molecule has 1 heterocycles. The lowest BCUT2D eigenvalue weighted by Crippen LogP contribution is -1.92. The van der Waals surface area contributed by atoms with Gasteiger partial charge < -0.3 is 9.84 Å². The van der Waals surface area contributed by atoms with Crippen molar-refractivity contribution in [2.75, 3.05) is 7.11 Å². The summed E-state index contributed by atoms with van der Waals surface area (Å²) < 4.78 is 5.16. The van der Waals surface area contributed by atoms with E-state index in [2.05, 4.69) is 4.98 Å². The number of nitrogens with zero attached hydrogens (tertiary/aromatic N) is 1. The molecule has 0 aliphatic rings. The van der Waals surface area contributed by atoms with Gasteiger partial charge >= 0.3 is 0 Å². The zero-order valence-electron chi connectivity index (χ0n) is 11.2. The summed E-state index contributed by atoms with van der Waals surface area (Å²) in [6.07, 6.45) is 0. The Morgan fingerprint density at radius 2 is 1.80 bits per heavy atom. The number of pyridine rings is 1. The maximum absolute atomic E-state index is 9.54. The predicted molar refractivity (Wildman–Crippen MR) is 79.7 cm³/mol. The summed E-state index contributed by atoms with van der Waals surface area (Å²) in [5.41, 5.74) is 3.65. The van der Waals surface area contributed by atoms with E-state index in [9.17, 15) is 5.11 Å². The van der Waals surface area contributed by atoms with Crippen molar-refractivity contribution in [1.82, 2.24) is 4.98 Å². The maximum Gasteiger partial charge on any atom is 0.118 e. The van der Waals surface area contributed by atoms with Gasteiger partial charge in [0.05, 0.1) is 24.9 Å². The Hall–Kier alpha value is -2.39. The van der Waals surface area contributed by atoms with Crippen molar-refractivity contribution < 1.29 is 9.84 Å². The molecule has 0 unspecified atom stereocenters. The molecule has 3 aromatic rings. The van der Waals surface area contributed by atoms with Crippen LogP contribution in [0.25, 0.3) is 22.2 Å². The first-order valence-electron chi connectivity index (χ1n) is 6.46. The number of methoxy groups -OCH3 is 1. The van der Waals surface area contributed by atoms with E-state index >= 15 is 0 Å². The van der Waals surface area contributed by atoms with E-state index in [1.807, 2.05) is 54.6 Å². The highest BCUT2D eigenvalue weighted by Gasteiger charge is 2.06. The molecule has 20 heavy (non-hydrogen) atoms. The number of ether oxygens (including phenoxy) is 1. The molecule has 3 nitrogen and oxygen atoms in total. The number of hydrogen-bond acceptors (Lipinski definition) is 3. The van der Waals surface area contributed by atoms with Crippen LogP contribution in [0.4, 0.5) is 0 Å². The molecule has 100 valence electrons. The molecule has 0 radical (unpaired) electrons. The average Bonchev–Trinajstić information content (AvgIpc) is 2.54. The molecular formula is C17H15NO2. The van der Waals surface area contributed by atoms with Crippen LogP contribution in [0.1, 0.15) is 5.56 Å². The quantitative estimate of drug-likeness (QED) is 0.789. The van der Waals surface area contributed by atoms with Crippen LogP contribution in [-0.2, 0) is 6.61 Å². The molecule has 0 aliphatic heterocycles. The van der Waals surface area contributed by atoms with Gasteiger partial charge in [-0.1, -0.05) is 18.2 Å². The molecule has 0 saturated heterocycles. The number of aromatic nitrogens is 1. The van der Waals surface area contributed by atoms with E-state index in [1.54, 1.807) is 7.11 Å². The monoisotopic (exact) mass is 265 g/mol. The third-order valence-corrected chi connectivity index (χ3v) is 3.36. The van der Waals surface area contributed by atoms with E-state index in [0.29, 0.717) is 0 Å². The van der Waals surface area contributed by atoms with Crippen molar-refractivity contribution in [2.45, 2.75) is 6.61 Å². The zero-order valence-corrected chi connectivity index (χ0v) is 11.2. The number of rotatable bonds is 3. The molecule has 0 saturated carbocycles. The Labute approximate surface area is 117 Å². The SMILES string of the molecule is COc1ccc(-c2cc(CO)c3ccccc3n2)cc1. The van der Waals surface area contributed by atoms with E-state index in [0.717, 1.165) is 33.5 Å². The van der Waals surface area contributed by atoms with Gasteiger partial charge in [0, 0.05) is 10.9 Å². The first-order valence-corrected chi connectivity index (χ1v) is 6.46. The highest BCUT2D eigenvalue weighted by atomic mass is 16.5. The topological polar surface area (TPSA) is 42.4 Å². The van der Waals surface area contributed by atoms with Crippen LogP contribution in [0.5, 0.6) is 5.75 Å². The van der Waals surface area contributed by atoms with Crippen molar-refractivity contribution >= 4 is 10.9 Å². The summed E-state index contributed by atoms with van der Waals surface area (Å²) in [6.45, 7) is 0.00614. The number of hydrogen-bond donors (Lipinski definition) is 1. The highest BCUT2D eigenvalue weighted by Crippen LogP contribution is 2.26. The summed E-state index contributed by atoms with van der Waals surface area (Å²) >= 11 is 0. The summed E-state index contributed by atoms with van der Waals surface area (Å²) in [5, 5.41) is 10.5. The fourth-order valence-corrected chi connectivity index (χ4v) is 2.29. The molecule has 0 atom stereocenters. The van der Waals surface area contributed by atoms with E-state index in [1.165, 1.54) is 0 Å². The van der Waals surface area contributed by atoms with Crippen LogP contribution in [-0.4, -0.2) is 17.2 Å². The third kappa shape index (κ3) is 2.24. The normalized spacial score (nSPS) is 10.7. The van der Waals surface area contributed by atoms with Gasteiger partial charge in [0.25, 0.3) is 0 Å². The van der Waals surface area contributed by atoms with Crippen molar-refractivity contribution in [3.63, 3.8) is 0 Å². The molecular weight excluding hydrogens is 250 g/mol. The number of aliphatic hydroxyl groups is 1. The van der Waals surface area contributed by atoms with Gasteiger partial charge in [-0.15, -0.1) is 0 Å². The Morgan fingerprint density at radius 1 is 1.05 bits per heavy atom. The second-order valence-electron chi connectivity index (χ2n) is 4.57. The molecule has 3 rings (SSSR count). The van der Waals surface area contributed by atoms with E-state index in [-0.39, 0.29) is 6.61 Å². The van der Waals surface area contributed by atoms with Crippen LogP contribution in [0.15, 0.2) is 54.6 Å². The van der Waals surface area contributed by atoms with Gasteiger partial charge in [-0.3, -0.25) is 0 Å². The van der Waals surface area contributed by atoms with Crippen molar-refractivity contribution in [3.05, 3.63) is 60.2 Å². The lowest BCUT2D eigenvalue weighted by molar-refractivity contribution is 0.283. The zero-order chi connectivity index (χ0) is 13.9. The third-order valence-electron chi connectivity index (χ3n) is 3.36. The Morgan fingerprint density at radius 3 is 2.50 bits per heavy atom. The average molecular weight is 265 g/mol. The highest BCUT2D eigenvalue weighted by molar-refractivity contribution is 5.85. The molecule has 3 heteroatoms. The molecule has 0 fully saturated rings. The Balaban J connectivity index is 2.15. The van der Waals surface area contributed by atoms with Crippen molar-refractivity contribution in [2.24, 2.45) is 0 Å². The summed E-state index contributed by atoms with van der Waals surface area (Å²) in [5.74, 6) is 0.817. The molecule has 1 N–H and O–H groups in total. The van der Waals surface area contributed by atoms with Crippen LogP contribution < -0.4 is 4.74 Å². The molecule has 2 aromatic carbocycles. The van der Waals surface area contributed by atoms with Crippen LogP contribution in [0.3, 0.4) is 0 Å². The summed E-state index contributed by atoms with van der Waals surface area (Å²) in [6, 6.07) is 17.5. The second-order valence-corrected chi connectivity index (χ2v) is 4.57. The van der Waals surface area contributed by atoms with E-state index < -0.39 is 0 Å². The van der Waals surface area contributed by atoms with Crippen molar-refractivity contribution in [3.8, 4) is 17.0 Å². The number of aliphatic hydroxyl groups excluding tert-OH is 1. The lowest BCUT2D eigenvalue weighted by atomic mass is 10.0. The maximum atomic E-state index is 9.54. The van der Waals surface area contributed by atoms with Gasteiger partial charge in [-0.2, -0.15) is 0 Å². The predicted octanol–water partition coefficient (Wildman–Crippen LogP) is 3.40. The van der Waals surface area contributed by atoms with Gasteiger partial charge in [-0.05, 0) is 42.0 Å². The fourth-order valence-electron chi connectivity index (χ4n) is 2.29. The lowest BCUT2D eigenvalue weighted by Gasteiger charge is -2.08. The number of benzene rings is 2. The second kappa shape index (κ2) is 5.31. The summed E-state index contributed by atoms with van der Waals surface area (Å²) in [7, 11) is 1.65. The van der Waals surface area contributed by atoms with Gasteiger partial charge in [0.2, 0.25) is 0 Å². The minimum absolute atomic E-state index is 0.00614. The number of fused-ring (bicyclic) bond motifs is 1. The van der Waals surface area contributed by atoms with Crippen molar-refractivity contribution in [1.29, 1.82) is 0 Å². The Bertz CT molecular complexity index is 736. The molecule has 1 aromatic heterocycles. The molecule has 0 aliphatic carbocycles. The van der Waals surface area contributed by atoms with Gasteiger partial charge in [0.15, 0.2) is 0 Å². The Kier molecular flexibility index (Phi) is 3.35. The van der Waals surface area contributed by atoms with Gasteiger partial charge in [-0.25, -0.2) is 4.98 Å². The smallest absolute Gasteiger partial charge is 0.118 e. The van der Waals surface area contributed by atoms with Crippen LogP contribution in [0.2, 0.25) is 0 Å². The largest absolute Gasteiger partial charge is 0.497 e. The molecule has 0 bridgehead atoms. The van der Waals surface area contributed by atoms with Crippen LogP contribution >= 0.6 is 0 Å². The fraction of sp³-hybridized carbons (Fsp3) is 0.118. The number of para-hydroxylation sites is 1. The minimum atomic E-state index is 0.00614. The van der Waals surface area contributed by atoms with Gasteiger partial charge in [0.1, 0.15) is 5.75 Å². The van der Waals surface area contributed by atoms with Crippen LogP contribution in [0, 0.1) is 0 Å².